The Morgan fingerprint density at radius 1 is 0.767 bits per heavy atom. The summed E-state index contributed by atoms with van der Waals surface area (Å²) in [5.41, 5.74) is -0.758. The fourth-order valence-electron chi connectivity index (χ4n) is 6.89. The van der Waals surface area contributed by atoms with Crippen molar-refractivity contribution < 1.29 is 53.4 Å². The smallest absolute Gasteiger partial charge is 0.369 e. The Balaban J connectivity index is 0.000000466. The number of aromatic hydroxyl groups is 2. The molecule has 19 nitrogen and oxygen atoms in total. The van der Waals surface area contributed by atoms with Crippen LogP contribution in [0.25, 0.3) is 12.2 Å². The molecule has 27 heteroatoms. The fourth-order valence-corrected chi connectivity index (χ4v) is 12.9. The summed E-state index contributed by atoms with van der Waals surface area (Å²) in [5, 5.41) is 62.0. The predicted molar refractivity (Wildman–Crippen MR) is 301 cm³/mol. The van der Waals surface area contributed by atoms with Crippen molar-refractivity contribution in [3.8, 4) is 29.4 Å². The molecule has 398 valence electrons. The van der Waals surface area contributed by atoms with Gasteiger partial charge >= 0.3 is 20.8 Å². The normalized spacial score (nSPS) is 15.0. The van der Waals surface area contributed by atoms with E-state index in [1.54, 1.807) is 26.8 Å². The highest BCUT2D eigenvalue weighted by atomic mass is 79.9. The van der Waals surface area contributed by atoms with Crippen LogP contribution in [0.4, 0.5) is 11.4 Å². The molecule has 0 aromatic heterocycles. The maximum absolute atomic E-state index is 12.9. The molecular formula is C46H58BBr3N6O13S4. The van der Waals surface area contributed by atoms with Gasteiger partial charge in [-0.1, -0.05) is 56.0 Å². The van der Waals surface area contributed by atoms with Crippen LogP contribution in [-0.2, 0) is 28.7 Å². The molecule has 2 unspecified atom stereocenters. The molecule has 0 saturated carbocycles. The average Bonchev–Trinajstić information content (AvgIpc) is 4.09. The molecule has 2 aliphatic rings. The zero-order valence-electron chi connectivity index (χ0n) is 40.8. The molecule has 2 aromatic carbocycles. The Morgan fingerprint density at radius 2 is 1.19 bits per heavy atom. The SMILES string of the molecule is BrB(Br)Br.CCN(CCOC(=O)CCCCC1CCSS1)C(=O)/C(C#N)=C/c1cc(O)c(O)c([N+](=O)[O-])c1.CCN(CCOC(=O)CCCCC1CCSS1)C(=O)/C(C#N)=C/c1cc(OC)c(C)c([N+](=O)[O-])c1. The molecule has 2 aliphatic heterocycles. The number of carbonyl (C=O) groups is 4. The van der Waals surface area contributed by atoms with Gasteiger partial charge in [0.15, 0.2) is 5.75 Å². The van der Waals surface area contributed by atoms with Crippen molar-refractivity contribution in [1.82, 2.24) is 9.80 Å². The van der Waals surface area contributed by atoms with Crippen LogP contribution in [0.3, 0.4) is 0 Å². The van der Waals surface area contributed by atoms with Crippen molar-refractivity contribution in [3.05, 3.63) is 72.3 Å². The Morgan fingerprint density at radius 3 is 1.56 bits per heavy atom. The van der Waals surface area contributed by atoms with Crippen molar-refractivity contribution in [2.24, 2.45) is 0 Å². The second-order valence-corrected chi connectivity index (χ2v) is 27.7. The van der Waals surface area contributed by atoms with E-state index in [1.165, 1.54) is 59.5 Å². The number of benzene rings is 2. The first-order valence-electron chi connectivity index (χ1n) is 23.0. The zero-order chi connectivity index (χ0) is 54.5. The van der Waals surface area contributed by atoms with E-state index >= 15 is 0 Å². The molecule has 0 radical (unpaired) electrons. The topological polar surface area (TPSA) is 277 Å². The van der Waals surface area contributed by atoms with Crippen LogP contribution in [0.1, 0.15) is 94.7 Å². The number of halogens is 3. The summed E-state index contributed by atoms with van der Waals surface area (Å²) in [6.45, 7) is 5.82. The quantitative estimate of drug-likeness (QED) is 0.0108. The number of amides is 2. The highest BCUT2D eigenvalue weighted by molar-refractivity contribution is 9.69. The lowest BCUT2D eigenvalue weighted by Crippen LogP contribution is -2.35. The highest BCUT2D eigenvalue weighted by Gasteiger charge is 2.24. The molecular weight excluding hydrogens is 1220 g/mol. The molecule has 2 N–H and O–H groups in total. The summed E-state index contributed by atoms with van der Waals surface area (Å²) < 4.78 is 16.0. The molecule has 2 heterocycles. The van der Waals surface area contributed by atoms with Gasteiger partial charge in [-0.15, -0.1) is 47.3 Å². The number of esters is 2. The van der Waals surface area contributed by atoms with Crippen LogP contribution in [0.15, 0.2) is 35.4 Å². The first-order chi connectivity index (χ1) is 34.8. The molecule has 73 heavy (non-hydrogen) atoms. The third kappa shape index (κ3) is 24.4. The number of nitro benzene ring substituents is 2. The van der Waals surface area contributed by atoms with Gasteiger partial charge in [-0.25, -0.2) is 0 Å². The highest BCUT2D eigenvalue weighted by Crippen LogP contribution is 2.41. The number of unbranched alkanes of at least 4 members (excludes halogenated alkanes) is 2. The molecule has 0 aliphatic carbocycles. The number of hydrogen-bond acceptors (Lipinski definition) is 19. The maximum atomic E-state index is 12.9. The standard InChI is InChI=1S/C24H31N3O6S2.C22H27N3O7S2.BBr3/c1-4-26(10-11-33-23(28)8-6-5-7-20-9-12-34-35-20)24(29)19(16-25)13-18-14-21(27(30)31)17(2)22(15-18)32-3;1-2-24(8-9-32-20(27)6-4-3-5-17-7-10-33-34-17)22(29)16(14-23)11-15-12-18(25(30)31)21(28)19(26)13-15;2-1(3)4/h13-15,20H,4-12H2,1-3H3;11-13,17,26,28H,2-10H2,1H3;/b19-13+;16-11+;. The molecule has 2 atom stereocenters. The van der Waals surface area contributed by atoms with Crippen molar-refractivity contribution in [2.45, 2.75) is 95.5 Å². The Kier molecular flexibility index (Phi) is 32.0. The fraction of sp³-hybridized carbons (Fsp3) is 0.522. The van der Waals surface area contributed by atoms with Crippen LogP contribution in [0.5, 0.6) is 17.2 Å². The third-order valence-electron chi connectivity index (χ3n) is 10.7. The zero-order valence-corrected chi connectivity index (χ0v) is 48.8. The van der Waals surface area contributed by atoms with Gasteiger partial charge in [-0.3, -0.25) is 39.4 Å². The minimum Gasteiger partial charge on any atom is -0.504 e. The summed E-state index contributed by atoms with van der Waals surface area (Å²) in [4.78, 5) is 73.3. The monoisotopic (exact) mass is 1280 g/mol. The van der Waals surface area contributed by atoms with E-state index < -0.39 is 38.8 Å². The van der Waals surface area contributed by atoms with Gasteiger partial charge in [0.2, 0.25) is 5.75 Å². The number of nitrogens with zero attached hydrogens (tertiary/aromatic N) is 6. The molecule has 2 amide bonds. The number of rotatable bonds is 25. The minimum atomic E-state index is -0.902. The lowest BCUT2D eigenvalue weighted by atomic mass is 10.1. The number of ether oxygens (including phenoxy) is 3. The summed E-state index contributed by atoms with van der Waals surface area (Å²) >= 11 is 9.31. The maximum Gasteiger partial charge on any atom is 0.369 e. The van der Waals surface area contributed by atoms with E-state index in [2.05, 4.69) is 47.3 Å². The number of phenolic OH excluding ortho intramolecular Hbond substituents is 2. The lowest BCUT2D eigenvalue weighted by molar-refractivity contribution is -0.386. The van der Waals surface area contributed by atoms with Gasteiger partial charge in [0, 0.05) is 60.1 Å². The number of phenols is 2. The predicted octanol–water partition coefficient (Wildman–Crippen LogP) is 11.1. The van der Waals surface area contributed by atoms with Crippen molar-refractivity contribution in [3.63, 3.8) is 0 Å². The van der Waals surface area contributed by atoms with E-state index in [9.17, 15) is 60.1 Å². The van der Waals surface area contributed by atoms with Crippen molar-refractivity contribution in [2.75, 3.05) is 58.0 Å². The van der Waals surface area contributed by atoms with Gasteiger partial charge < -0.3 is 34.2 Å². The number of hydrogen-bond donors (Lipinski definition) is 2. The Bertz CT molecular complexity index is 2340. The lowest BCUT2D eigenvalue weighted by Gasteiger charge is -2.20. The van der Waals surface area contributed by atoms with Crippen molar-refractivity contribution in [1.29, 1.82) is 10.5 Å². The largest absolute Gasteiger partial charge is 0.504 e. The number of likely N-dealkylation sites (N-methyl/N-ethyl adjacent to an activating group) is 2. The van der Waals surface area contributed by atoms with Gasteiger partial charge in [-0.2, -0.15) is 10.5 Å². The third-order valence-corrected chi connectivity index (χ3v) is 16.8. The van der Waals surface area contributed by atoms with E-state index in [0.717, 1.165) is 56.7 Å². The van der Waals surface area contributed by atoms with Crippen LogP contribution in [-0.4, -0.2) is 125 Å². The van der Waals surface area contributed by atoms with Gasteiger partial charge in [-0.05, 0) is 94.7 Å². The molecule has 0 spiro atoms. The van der Waals surface area contributed by atoms with Gasteiger partial charge in [0.25, 0.3) is 17.5 Å². The second-order valence-electron chi connectivity index (χ2n) is 15.7. The second kappa shape index (κ2) is 36.0. The number of nitro groups is 2. The first-order valence-corrected chi connectivity index (χ1v) is 30.5. The Labute approximate surface area is 466 Å². The average molecular weight is 1280 g/mol. The molecule has 0 bridgehead atoms. The van der Waals surface area contributed by atoms with Gasteiger partial charge in [0.05, 0.1) is 35.6 Å². The number of carbonyl (C=O) groups excluding carboxylic acids is 4. The summed E-state index contributed by atoms with van der Waals surface area (Å²) in [5.74, 6) is -0.794. The van der Waals surface area contributed by atoms with E-state index in [1.807, 2.05) is 49.2 Å². The van der Waals surface area contributed by atoms with E-state index in [4.69, 9.17) is 14.2 Å². The van der Waals surface area contributed by atoms with Crippen LogP contribution >= 0.6 is 90.4 Å². The molecule has 2 fully saturated rings. The summed E-state index contributed by atoms with van der Waals surface area (Å²) in [7, 11) is 9.04. The number of methoxy groups -OCH3 is 1. The first kappa shape index (κ1) is 65.0. The summed E-state index contributed by atoms with van der Waals surface area (Å²) in [6, 6.07) is 8.41. The Hall–Kier alpha value is -4.12. The minimum absolute atomic E-state index is 0.00368. The molecule has 2 aromatic rings. The van der Waals surface area contributed by atoms with Gasteiger partial charge in [0.1, 0.15) is 42.2 Å². The van der Waals surface area contributed by atoms with E-state index in [-0.39, 0.29) is 76.1 Å². The van der Waals surface area contributed by atoms with Crippen LogP contribution < -0.4 is 4.74 Å². The van der Waals surface area contributed by atoms with Crippen LogP contribution in [0, 0.1) is 49.8 Å². The molecule has 2 saturated heterocycles. The molecule has 4 rings (SSSR count). The van der Waals surface area contributed by atoms with E-state index in [0.29, 0.717) is 41.0 Å². The van der Waals surface area contributed by atoms with Crippen LogP contribution in [0.2, 0.25) is 0 Å². The summed E-state index contributed by atoms with van der Waals surface area (Å²) in [6.07, 6.45) is 11.2. The van der Waals surface area contributed by atoms with Crippen molar-refractivity contribution >= 4 is 141 Å². The number of nitriles is 2.